The number of aromatic nitrogens is 2. The van der Waals surface area contributed by atoms with Crippen molar-refractivity contribution in [3.63, 3.8) is 0 Å². The molecule has 0 atom stereocenters. The molecular weight excluding hydrogens is 436 g/mol. The zero-order valence-corrected chi connectivity index (χ0v) is 20.8. The van der Waals surface area contributed by atoms with Crippen molar-refractivity contribution in [1.29, 1.82) is 0 Å². The molecule has 10 nitrogen and oxygen atoms in total. The highest BCUT2D eigenvalue weighted by molar-refractivity contribution is 5.97. The number of rotatable bonds is 9. The molecule has 0 bridgehead atoms. The first-order valence-electron chi connectivity index (χ1n) is 12.7. The van der Waals surface area contributed by atoms with Crippen LogP contribution in [0, 0.1) is 5.92 Å². The molecule has 0 spiro atoms. The summed E-state index contributed by atoms with van der Waals surface area (Å²) in [6, 6.07) is 0.0173. The fourth-order valence-electron chi connectivity index (χ4n) is 4.89. The second kappa shape index (κ2) is 11.7. The van der Waals surface area contributed by atoms with Crippen molar-refractivity contribution >= 4 is 23.3 Å². The maximum absolute atomic E-state index is 13.6. The zero-order chi connectivity index (χ0) is 24.8. The Hall–Kier alpha value is -2.62. The summed E-state index contributed by atoms with van der Waals surface area (Å²) in [6.07, 6.45) is 6.77. The maximum Gasteiger partial charge on any atom is 0.330 e. The number of piperidine rings is 1. The van der Waals surface area contributed by atoms with Crippen LogP contribution in [0.2, 0.25) is 0 Å². The van der Waals surface area contributed by atoms with Crippen LogP contribution in [0.3, 0.4) is 0 Å². The minimum atomic E-state index is -0.606. The molecule has 3 rings (SSSR count). The molecule has 1 saturated carbocycles. The van der Waals surface area contributed by atoms with Crippen LogP contribution in [-0.4, -0.2) is 58.0 Å². The van der Waals surface area contributed by atoms with Gasteiger partial charge in [0, 0.05) is 37.6 Å². The zero-order valence-electron chi connectivity index (χ0n) is 20.8. The van der Waals surface area contributed by atoms with Crippen molar-refractivity contribution in [2.45, 2.75) is 90.8 Å². The van der Waals surface area contributed by atoms with E-state index in [0.717, 1.165) is 51.4 Å². The molecule has 2 aliphatic rings. The molecule has 190 valence electrons. The predicted octanol–water partition coefficient (Wildman–Crippen LogP) is 1.43. The van der Waals surface area contributed by atoms with Gasteiger partial charge in [0.25, 0.3) is 5.56 Å². The highest BCUT2D eigenvalue weighted by atomic mass is 16.2. The van der Waals surface area contributed by atoms with Gasteiger partial charge < -0.3 is 16.0 Å². The molecule has 2 fully saturated rings. The minimum Gasteiger partial charge on any atom is -0.383 e. The smallest absolute Gasteiger partial charge is 0.330 e. The lowest BCUT2D eigenvalue weighted by Gasteiger charge is -2.35. The van der Waals surface area contributed by atoms with Gasteiger partial charge in [-0.2, -0.15) is 0 Å². The van der Waals surface area contributed by atoms with Gasteiger partial charge in [0.2, 0.25) is 11.8 Å². The van der Waals surface area contributed by atoms with E-state index in [-0.39, 0.29) is 47.9 Å². The van der Waals surface area contributed by atoms with Crippen LogP contribution in [0.5, 0.6) is 0 Å². The molecule has 0 unspecified atom stereocenters. The molecule has 10 heteroatoms. The highest BCUT2D eigenvalue weighted by Gasteiger charge is 2.34. The fraction of sp³-hybridized carbons (Fsp3) is 0.750. The monoisotopic (exact) mass is 476 g/mol. The van der Waals surface area contributed by atoms with E-state index in [4.69, 9.17) is 5.73 Å². The number of hydrogen-bond donors (Lipinski definition) is 3. The van der Waals surface area contributed by atoms with E-state index in [0.29, 0.717) is 19.6 Å². The van der Waals surface area contributed by atoms with Crippen molar-refractivity contribution in [3.8, 4) is 0 Å². The van der Waals surface area contributed by atoms with E-state index in [9.17, 15) is 19.2 Å². The first-order valence-corrected chi connectivity index (χ1v) is 12.7. The Kier molecular flexibility index (Phi) is 8.93. The van der Waals surface area contributed by atoms with E-state index in [1.54, 1.807) is 4.90 Å². The standard InChI is InChI=1S/C24H40N6O4/c1-4-5-12-29-21(25)20(23(33)27-24(29)34)30(18-8-6-7-9-18)19(31)15-28-13-10-17(11-14-28)26-22(32)16(2)3/h16-18H,4-15,25H2,1-3H3,(H,26,32)(H,27,33,34). The van der Waals surface area contributed by atoms with Gasteiger partial charge in [-0.3, -0.25) is 28.8 Å². The number of aromatic amines is 1. The van der Waals surface area contributed by atoms with E-state index < -0.39 is 11.2 Å². The van der Waals surface area contributed by atoms with Crippen molar-refractivity contribution in [2.24, 2.45) is 5.92 Å². The molecule has 0 radical (unpaired) electrons. The molecule has 34 heavy (non-hydrogen) atoms. The Labute approximate surface area is 200 Å². The molecular formula is C24H40N6O4. The average Bonchev–Trinajstić information content (AvgIpc) is 3.31. The van der Waals surface area contributed by atoms with Crippen LogP contribution < -0.4 is 27.2 Å². The number of hydrogen-bond acceptors (Lipinski definition) is 6. The third-order valence-corrected chi connectivity index (χ3v) is 6.97. The largest absolute Gasteiger partial charge is 0.383 e. The summed E-state index contributed by atoms with van der Waals surface area (Å²) in [6.45, 7) is 7.71. The summed E-state index contributed by atoms with van der Waals surface area (Å²) in [5.74, 6) is -0.106. The number of anilines is 2. The summed E-state index contributed by atoms with van der Waals surface area (Å²) in [4.78, 5) is 56.9. The van der Waals surface area contributed by atoms with Crippen LogP contribution in [0.25, 0.3) is 0 Å². The third kappa shape index (κ3) is 6.08. The Balaban J connectivity index is 1.78. The first kappa shape index (κ1) is 26.0. The molecule has 0 aromatic carbocycles. The van der Waals surface area contributed by atoms with Crippen LogP contribution in [0.1, 0.15) is 72.1 Å². The van der Waals surface area contributed by atoms with Crippen molar-refractivity contribution < 1.29 is 9.59 Å². The molecule has 1 aliphatic heterocycles. The van der Waals surface area contributed by atoms with Crippen LogP contribution in [0.15, 0.2) is 9.59 Å². The van der Waals surface area contributed by atoms with Crippen molar-refractivity contribution in [3.05, 3.63) is 20.8 Å². The molecule has 2 amide bonds. The summed E-state index contributed by atoms with van der Waals surface area (Å²) in [7, 11) is 0. The summed E-state index contributed by atoms with van der Waals surface area (Å²) < 4.78 is 1.37. The van der Waals surface area contributed by atoms with Crippen LogP contribution in [0.4, 0.5) is 11.5 Å². The number of carbonyl (C=O) groups is 2. The van der Waals surface area contributed by atoms with Gasteiger partial charge in [-0.15, -0.1) is 0 Å². The quantitative estimate of drug-likeness (QED) is 0.494. The molecule has 2 heterocycles. The number of nitrogen functional groups attached to an aromatic ring is 1. The molecule has 1 aliphatic carbocycles. The van der Waals surface area contributed by atoms with E-state index in [1.807, 2.05) is 20.8 Å². The number of nitrogens with one attached hydrogen (secondary N) is 2. The van der Waals surface area contributed by atoms with Crippen LogP contribution >= 0.6 is 0 Å². The minimum absolute atomic E-state index is 0.0508. The lowest BCUT2D eigenvalue weighted by atomic mass is 10.0. The second-order valence-electron chi connectivity index (χ2n) is 9.91. The third-order valence-electron chi connectivity index (χ3n) is 6.97. The molecule has 1 aromatic rings. The maximum atomic E-state index is 13.6. The van der Waals surface area contributed by atoms with E-state index in [1.165, 1.54) is 4.57 Å². The number of likely N-dealkylation sites (tertiary alicyclic amines) is 1. The van der Waals surface area contributed by atoms with Crippen molar-refractivity contribution in [2.75, 3.05) is 30.3 Å². The first-order chi connectivity index (χ1) is 16.2. The van der Waals surface area contributed by atoms with Crippen molar-refractivity contribution in [1.82, 2.24) is 19.8 Å². The molecule has 4 N–H and O–H groups in total. The van der Waals surface area contributed by atoms with Gasteiger partial charge in [-0.25, -0.2) is 4.79 Å². The number of carbonyl (C=O) groups excluding carboxylic acids is 2. The van der Waals surface area contributed by atoms with Gasteiger partial charge in [0.1, 0.15) is 5.82 Å². The van der Waals surface area contributed by atoms with Crippen LogP contribution in [-0.2, 0) is 16.1 Å². The fourth-order valence-corrected chi connectivity index (χ4v) is 4.89. The van der Waals surface area contributed by atoms with E-state index in [2.05, 4.69) is 15.2 Å². The average molecular weight is 477 g/mol. The normalized spacial score (nSPS) is 17.9. The topological polar surface area (TPSA) is 134 Å². The Morgan fingerprint density at radius 1 is 1.15 bits per heavy atom. The summed E-state index contributed by atoms with van der Waals surface area (Å²) in [5.41, 5.74) is 5.31. The Morgan fingerprint density at radius 3 is 2.38 bits per heavy atom. The van der Waals surface area contributed by atoms with Gasteiger partial charge in [-0.05, 0) is 32.1 Å². The predicted molar refractivity (Wildman–Crippen MR) is 133 cm³/mol. The van der Waals surface area contributed by atoms with Gasteiger partial charge in [-0.1, -0.05) is 40.0 Å². The van der Waals surface area contributed by atoms with Gasteiger partial charge in [0.15, 0.2) is 5.69 Å². The number of nitrogens with zero attached hydrogens (tertiary/aromatic N) is 3. The lowest BCUT2D eigenvalue weighted by molar-refractivity contribution is -0.125. The number of H-pyrrole nitrogens is 1. The molecule has 1 saturated heterocycles. The Morgan fingerprint density at radius 2 is 1.79 bits per heavy atom. The Bertz CT molecular complexity index is 971. The summed E-state index contributed by atoms with van der Waals surface area (Å²) in [5, 5.41) is 3.07. The second-order valence-corrected chi connectivity index (χ2v) is 9.91. The highest BCUT2D eigenvalue weighted by Crippen LogP contribution is 2.29. The molecule has 1 aromatic heterocycles. The number of amides is 2. The van der Waals surface area contributed by atoms with Gasteiger partial charge >= 0.3 is 5.69 Å². The lowest BCUT2D eigenvalue weighted by Crippen LogP contribution is -2.51. The number of unbranched alkanes of at least 4 members (excludes halogenated alkanes) is 1. The van der Waals surface area contributed by atoms with Gasteiger partial charge in [0.05, 0.1) is 6.54 Å². The number of nitrogens with two attached hydrogens (primary N) is 1. The SMILES string of the molecule is CCCCn1c(N)c(N(C(=O)CN2CCC(NC(=O)C(C)C)CC2)C2CCCC2)c(=O)[nH]c1=O. The van der Waals surface area contributed by atoms with E-state index >= 15 is 0 Å². The summed E-state index contributed by atoms with van der Waals surface area (Å²) >= 11 is 0.